The van der Waals surface area contributed by atoms with Crippen molar-refractivity contribution in [3.8, 4) is 0 Å². The van der Waals surface area contributed by atoms with Gasteiger partial charge < -0.3 is 28.1 Å². The van der Waals surface area contributed by atoms with Crippen molar-refractivity contribution in [2.45, 2.75) is 90.0 Å². The smallest absolute Gasteiger partial charge is 0.238 e. The third kappa shape index (κ3) is 14.0. The van der Waals surface area contributed by atoms with Crippen molar-refractivity contribution in [2.24, 2.45) is 0 Å². The number of rotatable bonds is 19. The molecule has 0 N–H and O–H groups in total. The van der Waals surface area contributed by atoms with Crippen molar-refractivity contribution in [1.82, 2.24) is 0 Å². The van der Waals surface area contributed by atoms with Gasteiger partial charge in [-0.3, -0.25) is 4.58 Å². The zero-order valence-electron chi connectivity index (χ0n) is 24.1. The first-order chi connectivity index (χ1) is 15.6. The maximum absolute atomic E-state index is 6.16. The zero-order chi connectivity index (χ0) is 26.5. The number of methoxy groups -OCH3 is 2. The Kier molecular flexibility index (Phi) is 16.1. The maximum Gasteiger partial charge on any atom is 0.238 e. The summed E-state index contributed by atoms with van der Waals surface area (Å²) in [5, 5.41) is 0.253. The first-order valence-corrected chi connectivity index (χ1v) is 18.1. The summed E-state index contributed by atoms with van der Waals surface area (Å²) < 4.78 is 39.9. The van der Waals surface area contributed by atoms with Gasteiger partial charge in [0.25, 0.3) is 0 Å². The minimum atomic E-state index is -2.00. The van der Waals surface area contributed by atoms with E-state index >= 15 is 0 Å². The number of hydrogen-bond donors (Lipinski definition) is 0. The molecule has 206 valence electrons. The summed E-state index contributed by atoms with van der Waals surface area (Å²) >= 11 is 0. The Bertz CT molecular complexity index is 518. The van der Waals surface area contributed by atoms with E-state index in [0.29, 0.717) is 52.9 Å². The van der Waals surface area contributed by atoms with Gasteiger partial charge in [0.2, 0.25) is 8.32 Å². The fourth-order valence-electron chi connectivity index (χ4n) is 2.21. The molecule has 0 saturated carbocycles. The van der Waals surface area contributed by atoms with Gasteiger partial charge >= 0.3 is 0 Å². The highest BCUT2D eigenvalue weighted by atomic mass is 28.4. The summed E-state index contributed by atoms with van der Waals surface area (Å²) in [6.45, 7) is 25.6. The van der Waals surface area contributed by atoms with E-state index < -0.39 is 16.6 Å². The molecule has 0 aromatic heterocycles. The second-order valence-corrected chi connectivity index (χ2v) is 21.2. The van der Waals surface area contributed by atoms with E-state index in [1.54, 1.807) is 14.2 Å². The predicted molar refractivity (Wildman–Crippen MR) is 141 cm³/mol. The average Bonchev–Trinajstić information content (AvgIpc) is 2.69. The maximum atomic E-state index is 6.16. The topological polar surface area (TPSA) is 73.8 Å². The molecule has 2 atom stereocenters. The molecule has 0 aliphatic carbocycles. The molecule has 8 nitrogen and oxygen atoms in total. The molecular weight excluding hydrogens is 472 g/mol. The standard InChI is InChI=1S/C24H54O8Si2/c1-23(2,3)33(9,10)30-16-15-29-21(17-25-7)19-27-13-14-28-20-22(18-26-8)31-32-34(11,12)24(4,5)6/h21-22H,13-20H2,1-12H3. The third-order valence-electron chi connectivity index (χ3n) is 6.59. The molecule has 2 unspecified atom stereocenters. The lowest BCUT2D eigenvalue weighted by Gasteiger charge is -2.36. The molecule has 0 aliphatic heterocycles. The lowest BCUT2D eigenvalue weighted by Crippen LogP contribution is -2.43. The molecule has 0 amide bonds. The van der Waals surface area contributed by atoms with E-state index in [1.807, 2.05) is 0 Å². The van der Waals surface area contributed by atoms with Gasteiger partial charge in [0.1, 0.15) is 12.2 Å². The van der Waals surface area contributed by atoms with Crippen LogP contribution in [0.15, 0.2) is 0 Å². The lowest BCUT2D eigenvalue weighted by molar-refractivity contribution is -0.276. The molecule has 0 aromatic rings. The van der Waals surface area contributed by atoms with Gasteiger partial charge in [-0.1, -0.05) is 41.5 Å². The molecule has 0 spiro atoms. The monoisotopic (exact) mass is 526 g/mol. The molecule has 0 bridgehead atoms. The highest BCUT2D eigenvalue weighted by Crippen LogP contribution is 2.37. The second kappa shape index (κ2) is 16.1. The first-order valence-electron chi connectivity index (χ1n) is 12.3. The van der Waals surface area contributed by atoms with Gasteiger partial charge in [-0.15, -0.1) is 0 Å². The van der Waals surface area contributed by atoms with Gasteiger partial charge in [-0.05, 0) is 36.3 Å². The predicted octanol–water partition coefficient (Wildman–Crippen LogP) is 5.04. The van der Waals surface area contributed by atoms with Crippen molar-refractivity contribution in [1.29, 1.82) is 0 Å². The molecule has 0 aromatic carbocycles. The Morgan fingerprint density at radius 1 is 0.588 bits per heavy atom. The fraction of sp³-hybridized carbons (Fsp3) is 1.00. The Morgan fingerprint density at radius 2 is 1.06 bits per heavy atom. The highest BCUT2D eigenvalue weighted by molar-refractivity contribution is 6.74. The second-order valence-electron chi connectivity index (χ2n) is 11.7. The van der Waals surface area contributed by atoms with Crippen LogP contribution in [-0.4, -0.2) is 95.9 Å². The van der Waals surface area contributed by atoms with Crippen molar-refractivity contribution in [2.75, 3.05) is 67.1 Å². The van der Waals surface area contributed by atoms with Crippen molar-refractivity contribution < 1.29 is 37.6 Å². The van der Waals surface area contributed by atoms with E-state index in [1.165, 1.54) is 0 Å². The minimum Gasteiger partial charge on any atom is -0.414 e. The summed E-state index contributed by atoms with van der Waals surface area (Å²) in [6, 6.07) is 0. The summed E-state index contributed by atoms with van der Waals surface area (Å²) in [5.74, 6) is 0. The fourth-order valence-corrected chi connectivity index (χ4v) is 3.86. The van der Waals surface area contributed by atoms with Crippen LogP contribution in [-0.2, 0) is 37.6 Å². The van der Waals surface area contributed by atoms with E-state index in [4.69, 9.17) is 37.6 Å². The SMILES string of the molecule is COCC(COCCOCC(COC)OO[Si](C)(C)C(C)(C)C)OCCO[Si](C)(C)C(C)(C)C. The molecular formula is C24H54O8Si2. The Morgan fingerprint density at radius 3 is 1.53 bits per heavy atom. The molecule has 0 radical (unpaired) electrons. The molecule has 0 aliphatic rings. The summed E-state index contributed by atoms with van der Waals surface area (Å²) in [7, 11) is -0.466. The molecule has 10 heteroatoms. The summed E-state index contributed by atoms with van der Waals surface area (Å²) in [5.41, 5.74) is 0. The zero-order valence-corrected chi connectivity index (χ0v) is 26.1. The van der Waals surface area contributed by atoms with E-state index in [2.05, 4.69) is 67.7 Å². The van der Waals surface area contributed by atoms with Crippen LogP contribution in [0.2, 0.25) is 36.3 Å². The molecule has 34 heavy (non-hydrogen) atoms. The Labute approximate surface area is 211 Å². The van der Waals surface area contributed by atoms with Crippen LogP contribution in [0.3, 0.4) is 0 Å². The van der Waals surface area contributed by atoms with Crippen LogP contribution in [0.4, 0.5) is 0 Å². The molecule has 0 saturated heterocycles. The van der Waals surface area contributed by atoms with Crippen LogP contribution < -0.4 is 0 Å². The molecule has 0 heterocycles. The third-order valence-corrected chi connectivity index (χ3v) is 15.3. The average molecular weight is 527 g/mol. The lowest BCUT2D eigenvalue weighted by atomic mass is 10.2. The Hall–Kier alpha value is 0.114. The molecule has 0 fully saturated rings. The number of hydrogen-bond acceptors (Lipinski definition) is 8. The molecule has 0 rings (SSSR count). The highest BCUT2D eigenvalue weighted by Gasteiger charge is 2.40. The van der Waals surface area contributed by atoms with E-state index in [-0.39, 0.29) is 22.3 Å². The largest absolute Gasteiger partial charge is 0.414 e. The van der Waals surface area contributed by atoms with Crippen LogP contribution in [0.5, 0.6) is 0 Å². The normalized spacial score (nSPS) is 15.5. The van der Waals surface area contributed by atoms with Gasteiger partial charge in [0, 0.05) is 14.2 Å². The van der Waals surface area contributed by atoms with Crippen LogP contribution in [0.1, 0.15) is 41.5 Å². The van der Waals surface area contributed by atoms with Gasteiger partial charge in [-0.2, -0.15) is 0 Å². The van der Waals surface area contributed by atoms with Crippen LogP contribution >= 0.6 is 0 Å². The van der Waals surface area contributed by atoms with Crippen molar-refractivity contribution >= 4 is 16.6 Å². The van der Waals surface area contributed by atoms with E-state index in [9.17, 15) is 0 Å². The van der Waals surface area contributed by atoms with Gasteiger partial charge in [-0.25, -0.2) is 4.89 Å². The van der Waals surface area contributed by atoms with Crippen LogP contribution in [0, 0.1) is 0 Å². The van der Waals surface area contributed by atoms with Crippen LogP contribution in [0.25, 0.3) is 0 Å². The number of ether oxygens (including phenoxy) is 5. The van der Waals surface area contributed by atoms with Gasteiger partial charge in [0.15, 0.2) is 8.32 Å². The summed E-state index contributed by atoms with van der Waals surface area (Å²) in [4.78, 5) is 5.68. The van der Waals surface area contributed by atoms with Crippen molar-refractivity contribution in [3.63, 3.8) is 0 Å². The minimum absolute atomic E-state index is 0.0665. The first kappa shape index (κ1) is 34.1. The van der Waals surface area contributed by atoms with Crippen molar-refractivity contribution in [3.05, 3.63) is 0 Å². The summed E-state index contributed by atoms with van der Waals surface area (Å²) in [6.07, 6.45) is -0.430. The van der Waals surface area contributed by atoms with Gasteiger partial charge in [0.05, 0.1) is 52.9 Å². The Balaban J connectivity index is 4.20. The van der Waals surface area contributed by atoms with E-state index in [0.717, 1.165) is 0 Å². The quantitative estimate of drug-likeness (QED) is 0.100.